The Balaban J connectivity index is 1.53. The molecule has 1 N–H and O–H groups in total. The number of hydrogen-bond acceptors (Lipinski definition) is 5. The Hall–Kier alpha value is -2.18. The van der Waals surface area contributed by atoms with Gasteiger partial charge in [-0.2, -0.15) is 5.10 Å². The van der Waals surface area contributed by atoms with Crippen LogP contribution in [0.25, 0.3) is 0 Å². The van der Waals surface area contributed by atoms with Crippen molar-refractivity contribution in [1.29, 1.82) is 0 Å². The summed E-state index contributed by atoms with van der Waals surface area (Å²) in [6.07, 6.45) is 5.22. The summed E-state index contributed by atoms with van der Waals surface area (Å²) < 4.78 is 5.11. The van der Waals surface area contributed by atoms with Crippen LogP contribution < -0.4 is 0 Å². The fraction of sp³-hybridized carbons (Fsp3) is 0.524. The third-order valence-electron chi connectivity index (χ3n) is 5.28. The summed E-state index contributed by atoms with van der Waals surface area (Å²) in [5.74, 6) is -0.327. The molecule has 0 bridgehead atoms. The molecule has 2 aromatic rings. The standard InChI is InChI=1S/C21H30N4O2/c1-3-27-21(26)20-18(14-22-23-20)15-24(2)19-10-7-12-25(16-19)13-11-17-8-5-4-6-9-17/h4-6,8-9,14,19H,3,7,10-13,15-16H2,1-2H3,(H,22,23)/t19-/m1/s1. The van der Waals surface area contributed by atoms with Gasteiger partial charge in [0.25, 0.3) is 0 Å². The first kappa shape index (κ1) is 19.6. The van der Waals surface area contributed by atoms with Crippen molar-refractivity contribution in [2.45, 2.75) is 38.8 Å². The third-order valence-corrected chi connectivity index (χ3v) is 5.28. The summed E-state index contributed by atoms with van der Waals surface area (Å²) in [6, 6.07) is 11.2. The number of carbonyl (C=O) groups is 1. The molecule has 0 spiro atoms. The van der Waals surface area contributed by atoms with Gasteiger partial charge in [-0.05, 0) is 45.3 Å². The van der Waals surface area contributed by atoms with Crippen molar-refractivity contribution in [3.63, 3.8) is 0 Å². The number of piperidine rings is 1. The van der Waals surface area contributed by atoms with Crippen molar-refractivity contribution >= 4 is 5.97 Å². The first-order valence-electron chi connectivity index (χ1n) is 9.83. The van der Waals surface area contributed by atoms with Crippen LogP contribution in [0.1, 0.15) is 41.4 Å². The molecule has 0 amide bonds. The van der Waals surface area contributed by atoms with E-state index in [9.17, 15) is 4.79 Å². The average molecular weight is 370 g/mol. The lowest BCUT2D eigenvalue weighted by Gasteiger charge is -2.37. The lowest BCUT2D eigenvalue weighted by atomic mass is 10.0. The van der Waals surface area contributed by atoms with Crippen LogP contribution in [-0.2, 0) is 17.7 Å². The second kappa shape index (κ2) is 9.67. The zero-order valence-corrected chi connectivity index (χ0v) is 16.4. The first-order chi connectivity index (χ1) is 13.2. The fourth-order valence-electron chi connectivity index (χ4n) is 3.73. The topological polar surface area (TPSA) is 61.5 Å². The van der Waals surface area contributed by atoms with Crippen LogP contribution in [0, 0.1) is 0 Å². The van der Waals surface area contributed by atoms with Crippen molar-refractivity contribution in [1.82, 2.24) is 20.0 Å². The number of hydrogen-bond donors (Lipinski definition) is 1. The van der Waals surface area contributed by atoms with Crippen molar-refractivity contribution in [3.05, 3.63) is 53.3 Å². The lowest BCUT2D eigenvalue weighted by molar-refractivity contribution is 0.0515. The van der Waals surface area contributed by atoms with Gasteiger partial charge in [-0.3, -0.25) is 10.00 Å². The Morgan fingerprint density at radius 2 is 2.19 bits per heavy atom. The molecule has 1 aromatic carbocycles. The Morgan fingerprint density at radius 3 is 2.96 bits per heavy atom. The average Bonchev–Trinajstić information content (AvgIpc) is 3.16. The summed E-state index contributed by atoms with van der Waals surface area (Å²) in [6.45, 7) is 6.20. The monoisotopic (exact) mass is 370 g/mol. The normalized spacial score (nSPS) is 18.0. The zero-order chi connectivity index (χ0) is 19.1. The highest BCUT2D eigenvalue weighted by Crippen LogP contribution is 2.18. The summed E-state index contributed by atoms with van der Waals surface area (Å²) in [7, 11) is 2.13. The molecule has 0 unspecified atom stereocenters. The molecule has 27 heavy (non-hydrogen) atoms. The molecule has 1 saturated heterocycles. The zero-order valence-electron chi connectivity index (χ0n) is 16.4. The highest BCUT2D eigenvalue weighted by Gasteiger charge is 2.25. The van der Waals surface area contributed by atoms with E-state index in [1.807, 2.05) is 6.92 Å². The molecule has 0 radical (unpaired) electrons. The minimum atomic E-state index is -0.327. The molecule has 1 fully saturated rings. The van der Waals surface area contributed by atoms with Gasteiger partial charge in [0.05, 0.1) is 12.8 Å². The SMILES string of the molecule is CCOC(=O)c1[nH]ncc1CN(C)[C@@H]1CCCN(CCc2ccccc2)C1. The molecule has 1 aliphatic rings. The lowest BCUT2D eigenvalue weighted by Crippen LogP contribution is -2.46. The van der Waals surface area contributed by atoms with Gasteiger partial charge in [-0.15, -0.1) is 0 Å². The van der Waals surface area contributed by atoms with E-state index in [4.69, 9.17) is 4.74 Å². The number of nitrogens with one attached hydrogen (secondary N) is 1. The molecule has 3 rings (SSSR count). The molecule has 6 heteroatoms. The summed E-state index contributed by atoms with van der Waals surface area (Å²) in [5.41, 5.74) is 2.77. The van der Waals surface area contributed by atoms with E-state index in [2.05, 4.69) is 57.4 Å². The summed E-state index contributed by atoms with van der Waals surface area (Å²) in [5, 5.41) is 6.82. The van der Waals surface area contributed by atoms with Crippen LogP contribution in [-0.4, -0.2) is 65.3 Å². The number of esters is 1. The number of likely N-dealkylation sites (N-methyl/N-ethyl adjacent to an activating group) is 1. The first-order valence-corrected chi connectivity index (χ1v) is 9.83. The van der Waals surface area contributed by atoms with Crippen LogP contribution >= 0.6 is 0 Å². The number of aromatic amines is 1. The van der Waals surface area contributed by atoms with Gasteiger partial charge in [0.1, 0.15) is 5.69 Å². The maximum Gasteiger partial charge on any atom is 0.356 e. The van der Waals surface area contributed by atoms with Gasteiger partial charge in [0.15, 0.2) is 0 Å². The second-order valence-electron chi connectivity index (χ2n) is 7.24. The molecule has 1 atom stereocenters. The molecular formula is C21H30N4O2. The number of likely N-dealkylation sites (tertiary alicyclic amines) is 1. The predicted octanol–water partition coefficient (Wildman–Crippen LogP) is 2.73. The molecule has 1 aromatic heterocycles. The number of ether oxygens (including phenoxy) is 1. The summed E-state index contributed by atoms with van der Waals surface area (Å²) >= 11 is 0. The van der Waals surface area contributed by atoms with Gasteiger partial charge >= 0.3 is 5.97 Å². The second-order valence-corrected chi connectivity index (χ2v) is 7.24. The third kappa shape index (κ3) is 5.40. The van der Waals surface area contributed by atoms with Crippen LogP contribution in [0.4, 0.5) is 0 Å². The Labute approximate surface area is 161 Å². The number of H-pyrrole nitrogens is 1. The van der Waals surface area contributed by atoms with Crippen LogP contribution in [0.5, 0.6) is 0 Å². The Kier molecular flexibility index (Phi) is 7.01. The number of benzene rings is 1. The number of carbonyl (C=O) groups excluding carboxylic acids is 1. The fourth-order valence-corrected chi connectivity index (χ4v) is 3.73. The van der Waals surface area contributed by atoms with Crippen LogP contribution in [0.2, 0.25) is 0 Å². The van der Waals surface area contributed by atoms with Crippen molar-refractivity contribution in [3.8, 4) is 0 Å². The van der Waals surface area contributed by atoms with E-state index in [0.717, 1.165) is 31.6 Å². The maximum absolute atomic E-state index is 12.0. The highest BCUT2D eigenvalue weighted by molar-refractivity contribution is 5.88. The highest BCUT2D eigenvalue weighted by atomic mass is 16.5. The molecule has 0 saturated carbocycles. The van der Waals surface area contributed by atoms with E-state index in [0.29, 0.717) is 24.9 Å². The Morgan fingerprint density at radius 1 is 1.37 bits per heavy atom. The quantitative estimate of drug-likeness (QED) is 0.724. The minimum Gasteiger partial charge on any atom is -0.461 e. The van der Waals surface area contributed by atoms with E-state index in [1.165, 1.54) is 18.4 Å². The Bertz CT molecular complexity index is 716. The van der Waals surface area contributed by atoms with Crippen molar-refractivity contribution in [2.75, 3.05) is 33.3 Å². The molecular weight excluding hydrogens is 340 g/mol. The minimum absolute atomic E-state index is 0.327. The molecule has 146 valence electrons. The van der Waals surface area contributed by atoms with Crippen molar-refractivity contribution < 1.29 is 9.53 Å². The number of nitrogens with zero attached hydrogens (tertiary/aromatic N) is 3. The molecule has 0 aliphatic carbocycles. The predicted molar refractivity (Wildman–Crippen MR) is 106 cm³/mol. The van der Waals surface area contributed by atoms with Gasteiger partial charge in [0, 0.05) is 31.2 Å². The van der Waals surface area contributed by atoms with Gasteiger partial charge in [-0.1, -0.05) is 30.3 Å². The van der Waals surface area contributed by atoms with E-state index in [1.54, 1.807) is 6.20 Å². The van der Waals surface area contributed by atoms with Gasteiger partial charge < -0.3 is 9.64 Å². The molecule has 2 heterocycles. The number of rotatable bonds is 8. The van der Waals surface area contributed by atoms with Crippen LogP contribution in [0.15, 0.2) is 36.5 Å². The summed E-state index contributed by atoms with van der Waals surface area (Å²) in [4.78, 5) is 16.9. The van der Waals surface area contributed by atoms with Gasteiger partial charge in [-0.25, -0.2) is 4.79 Å². The van der Waals surface area contributed by atoms with Crippen molar-refractivity contribution in [2.24, 2.45) is 0 Å². The molecule has 6 nitrogen and oxygen atoms in total. The maximum atomic E-state index is 12.0. The van der Waals surface area contributed by atoms with E-state index >= 15 is 0 Å². The van der Waals surface area contributed by atoms with E-state index < -0.39 is 0 Å². The smallest absolute Gasteiger partial charge is 0.356 e. The van der Waals surface area contributed by atoms with E-state index in [-0.39, 0.29) is 5.97 Å². The van der Waals surface area contributed by atoms with Gasteiger partial charge in [0.2, 0.25) is 0 Å². The number of aromatic nitrogens is 2. The largest absolute Gasteiger partial charge is 0.461 e. The van der Waals surface area contributed by atoms with Crippen LogP contribution in [0.3, 0.4) is 0 Å². The molecule has 1 aliphatic heterocycles.